The quantitative estimate of drug-likeness (QED) is 0.674. The number of aromatic amines is 1. The number of alkyl halides is 3. The number of benzene rings is 1. The highest BCUT2D eigenvalue weighted by molar-refractivity contribution is 6.06. The van der Waals surface area contributed by atoms with Gasteiger partial charge in [0.2, 0.25) is 0 Å². The van der Waals surface area contributed by atoms with Gasteiger partial charge in [-0.2, -0.15) is 18.3 Å². The van der Waals surface area contributed by atoms with Crippen molar-refractivity contribution in [1.29, 1.82) is 0 Å². The van der Waals surface area contributed by atoms with Gasteiger partial charge in [0.25, 0.3) is 5.91 Å². The van der Waals surface area contributed by atoms with Gasteiger partial charge in [-0.1, -0.05) is 12.1 Å². The lowest BCUT2D eigenvalue weighted by molar-refractivity contribution is -0.141. The second-order valence-corrected chi connectivity index (χ2v) is 4.21. The van der Waals surface area contributed by atoms with E-state index < -0.39 is 23.7 Å². The highest BCUT2D eigenvalue weighted by atomic mass is 19.4. The molecular weight excluding hydrogens is 303 g/mol. The van der Waals surface area contributed by atoms with Crippen LogP contribution in [0.5, 0.6) is 5.75 Å². The van der Waals surface area contributed by atoms with E-state index in [1.165, 1.54) is 18.2 Å². The minimum absolute atomic E-state index is 0.000851. The number of carbonyl (C=O) groups excluding carboxylic acids is 2. The summed E-state index contributed by atoms with van der Waals surface area (Å²) in [6, 6.07) is 6.48. The molecule has 0 spiro atoms. The molecule has 2 aromatic rings. The Bertz CT molecular complexity index is 710. The maximum Gasteiger partial charge on any atom is 0.432 e. The van der Waals surface area contributed by atoms with Crippen molar-refractivity contribution in [3.63, 3.8) is 0 Å². The summed E-state index contributed by atoms with van der Waals surface area (Å²) >= 11 is 0. The van der Waals surface area contributed by atoms with Gasteiger partial charge in [0.05, 0.1) is 5.56 Å². The van der Waals surface area contributed by atoms with Gasteiger partial charge in [0, 0.05) is 13.0 Å². The van der Waals surface area contributed by atoms with Crippen molar-refractivity contribution in [2.45, 2.75) is 13.1 Å². The van der Waals surface area contributed by atoms with Crippen LogP contribution in [0.2, 0.25) is 0 Å². The fraction of sp³-hybridized carbons (Fsp3) is 0.154. The zero-order valence-corrected chi connectivity index (χ0v) is 11.2. The van der Waals surface area contributed by atoms with E-state index in [0.717, 1.165) is 6.92 Å². The number of carbonyl (C=O) groups is 2. The third-order valence-corrected chi connectivity index (χ3v) is 2.51. The summed E-state index contributed by atoms with van der Waals surface area (Å²) in [5.74, 6) is -1.68. The Hall–Kier alpha value is -2.84. The molecule has 0 atom stereocenters. The normalized spacial score (nSPS) is 11.1. The molecule has 1 heterocycles. The minimum Gasteiger partial charge on any atom is -0.426 e. The average Bonchev–Trinajstić information content (AvgIpc) is 2.87. The lowest BCUT2D eigenvalue weighted by Gasteiger charge is -2.07. The molecule has 0 aliphatic rings. The smallest absolute Gasteiger partial charge is 0.426 e. The lowest BCUT2D eigenvalue weighted by Crippen LogP contribution is -2.15. The van der Waals surface area contributed by atoms with Gasteiger partial charge in [-0.3, -0.25) is 14.7 Å². The molecule has 1 amide bonds. The minimum atomic E-state index is -4.59. The van der Waals surface area contributed by atoms with E-state index >= 15 is 0 Å². The summed E-state index contributed by atoms with van der Waals surface area (Å²) in [5, 5.41) is 7.32. The van der Waals surface area contributed by atoms with Crippen molar-refractivity contribution in [3.8, 4) is 5.75 Å². The molecule has 0 fully saturated rings. The highest BCUT2D eigenvalue weighted by Gasteiger charge is 2.33. The van der Waals surface area contributed by atoms with Gasteiger partial charge < -0.3 is 10.1 Å². The van der Waals surface area contributed by atoms with Gasteiger partial charge in [-0.05, 0) is 12.1 Å². The summed E-state index contributed by atoms with van der Waals surface area (Å²) in [6.07, 6.45) is -4.59. The molecule has 9 heteroatoms. The molecule has 2 rings (SSSR count). The molecule has 0 aliphatic heterocycles. The number of ether oxygens (including phenoxy) is 1. The maximum atomic E-state index is 12.4. The lowest BCUT2D eigenvalue weighted by atomic mass is 10.2. The van der Waals surface area contributed by atoms with Crippen molar-refractivity contribution >= 4 is 17.7 Å². The van der Waals surface area contributed by atoms with Crippen LogP contribution in [0, 0.1) is 0 Å². The predicted molar refractivity (Wildman–Crippen MR) is 69.3 cm³/mol. The number of anilines is 1. The zero-order chi connectivity index (χ0) is 16.3. The van der Waals surface area contributed by atoms with Crippen LogP contribution in [-0.4, -0.2) is 22.1 Å². The summed E-state index contributed by atoms with van der Waals surface area (Å²) in [5.41, 5.74) is -1.09. The molecule has 2 N–H and O–H groups in total. The first kappa shape index (κ1) is 15.5. The second kappa shape index (κ2) is 5.88. The topological polar surface area (TPSA) is 84.1 Å². The zero-order valence-electron chi connectivity index (χ0n) is 11.2. The maximum absolute atomic E-state index is 12.4. The molecule has 1 aromatic carbocycles. The van der Waals surface area contributed by atoms with Crippen molar-refractivity contribution in [1.82, 2.24) is 10.2 Å². The van der Waals surface area contributed by atoms with Crippen LogP contribution < -0.4 is 10.1 Å². The number of nitrogens with one attached hydrogen (secondary N) is 2. The van der Waals surface area contributed by atoms with E-state index in [-0.39, 0.29) is 17.1 Å². The number of nitrogens with zero attached hydrogens (tertiary/aromatic N) is 1. The monoisotopic (exact) mass is 313 g/mol. The van der Waals surface area contributed by atoms with Crippen LogP contribution in [0.15, 0.2) is 30.3 Å². The summed E-state index contributed by atoms with van der Waals surface area (Å²) in [6.45, 7) is 1.16. The first-order valence-corrected chi connectivity index (χ1v) is 5.99. The Kier molecular flexibility index (Phi) is 4.15. The van der Waals surface area contributed by atoms with Gasteiger partial charge in [-0.25, -0.2) is 0 Å². The third-order valence-electron chi connectivity index (χ3n) is 2.51. The van der Waals surface area contributed by atoms with Crippen molar-refractivity contribution in [2.24, 2.45) is 0 Å². The number of aromatic nitrogens is 2. The third kappa shape index (κ3) is 3.62. The van der Waals surface area contributed by atoms with Gasteiger partial charge in [0.15, 0.2) is 5.82 Å². The molecule has 0 saturated heterocycles. The molecule has 0 aliphatic carbocycles. The van der Waals surface area contributed by atoms with E-state index in [2.05, 4.69) is 10.4 Å². The molecule has 6 nitrogen and oxygen atoms in total. The standard InChI is InChI=1S/C13H10F3N3O3/c1-7(20)22-9-5-3-2-4-8(9)12(21)17-11-6-10(18-19-11)13(14,15)16/h2-6H,1H3,(H2,17,18,19,21). The molecule has 0 unspecified atom stereocenters. The molecule has 0 radical (unpaired) electrons. The number of hydrogen-bond acceptors (Lipinski definition) is 4. The van der Waals surface area contributed by atoms with Crippen LogP contribution in [0.3, 0.4) is 0 Å². The van der Waals surface area contributed by atoms with Crippen LogP contribution >= 0.6 is 0 Å². The van der Waals surface area contributed by atoms with E-state index in [1.807, 2.05) is 0 Å². The number of hydrogen-bond donors (Lipinski definition) is 2. The van der Waals surface area contributed by atoms with Crippen LogP contribution in [0.4, 0.5) is 19.0 Å². The molecular formula is C13H10F3N3O3. The number of para-hydroxylation sites is 1. The Morgan fingerprint density at radius 2 is 1.95 bits per heavy atom. The van der Waals surface area contributed by atoms with Crippen molar-refractivity contribution in [3.05, 3.63) is 41.6 Å². The number of rotatable bonds is 3. The molecule has 1 aromatic heterocycles. The van der Waals surface area contributed by atoms with Gasteiger partial charge in [-0.15, -0.1) is 0 Å². The predicted octanol–water partition coefficient (Wildman–Crippen LogP) is 2.61. The number of halogens is 3. The van der Waals surface area contributed by atoms with Crippen molar-refractivity contribution in [2.75, 3.05) is 5.32 Å². The van der Waals surface area contributed by atoms with E-state index in [9.17, 15) is 22.8 Å². The molecule has 116 valence electrons. The second-order valence-electron chi connectivity index (χ2n) is 4.21. The fourth-order valence-corrected chi connectivity index (χ4v) is 1.61. The Labute approximate surface area is 122 Å². The van der Waals surface area contributed by atoms with E-state index in [1.54, 1.807) is 11.2 Å². The SMILES string of the molecule is CC(=O)Oc1ccccc1C(=O)Nc1cc(C(F)(F)F)[nH]n1. The summed E-state index contributed by atoms with van der Waals surface area (Å²) < 4.78 is 42.1. The van der Waals surface area contributed by atoms with Gasteiger partial charge in [0.1, 0.15) is 11.4 Å². The van der Waals surface area contributed by atoms with E-state index in [0.29, 0.717) is 6.07 Å². The van der Waals surface area contributed by atoms with Crippen LogP contribution in [-0.2, 0) is 11.0 Å². The summed E-state index contributed by atoms with van der Waals surface area (Å²) in [4.78, 5) is 23.0. The average molecular weight is 313 g/mol. The van der Waals surface area contributed by atoms with E-state index in [4.69, 9.17) is 4.74 Å². The first-order valence-electron chi connectivity index (χ1n) is 5.99. The van der Waals surface area contributed by atoms with Crippen molar-refractivity contribution < 1.29 is 27.5 Å². The largest absolute Gasteiger partial charge is 0.432 e. The highest BCUT2D eigenvalue weighted by Crippen LogP contribution is 2.29. The molecule has 0 bridgehead atoms. The fourth-order valence-electron chi connectivity index (χ4n) is 1.61. The number of amides is 1. The number of H-pyrrole nitrogens is 1. The van der Waals surface area contributed by atoms with Crippen LogP contribution in [0.25, 0.3) is 0 Å². The Morgan fingerprint density at radius 1 is 1.27 bits per heavy atom. The Morgan fingerprint density at radius 3 is 2.55 bits per heavy atom. The Balaban J connectivity index is 2.19. The van der Waals surface area contributed by atoms with Gasteiger partial charge >= 0.3 is 12.1 Å². The van der Waals surface area contributed by atoms with Crippen LogP contribution in [0.1, 0.15) is 23.0 Å². The summed E-state index contributed by atoms with van der Waals surface area (Å²) in [7, 11) is 0. The molecule has 0 saturated carbocycles. The molecule has 22 heavy (non-hydrogen) atoms. The number of esters is 1. The first-order chi connectivity index (χ1) is 10.3.